The van der Waals surface area contributed by atoms with E-state index in [1.54, 1.807) is 24.3 Å². The van der Waals surface area contributed by atoms with Crippen LogP contribution in [0.25, 0.3) is 11.1 Å². The van der Waals surface area contributed by atoms with Gasteiger partial charge in [-0.25, -0.2) is 0 Å². The zero-order chi connectivity index (χ0) is 14.0. The molecule has 1 aromatic carbocycles. The van der Waals surface area contributed by atoms with E-state index in [1.807, 2.05) is 0 Å². The van der Waals surface area contributed by atoms with Gasteiger partial charge in [-0.05, 0) is 23.8 Å². The Morgan fingerprint density at radius 3 is 2.58 bits per heavy atom. The van der Waals surface area contributed by atoms with E-state index in [2.05, 4.69) is 4.98 Å². The molecular formula is C13H10Cl2N2O2. The molecule has 0 aliphatic heterocycles. The number of ether oxygens (including phenoxy) is 1. The van der Waals surface area contributed by atoms with Crippen molar-refractivity contribution in [3.8, 4) is 16.9 Å². The lowest BCUT2D eigenvalue weighted by molar-refractivity contribution is 0.0995. The molecule has 0 saturated heterocycles. The van der Waals surface area contributed by atoms with Crippen LogP contribution in [0.5, 0.6) is 5.75 Å². The minimum absolute atomic E-state index is 0.172. The lowest BCUT2D eigenvalue weighted by atomic mass is 10.0. The lowest BCUT2D eigenvalue weighted by Gasteiger charge is -2.10. The number of hydrogen-bond acceptors (Lipinski definition) is 3. The Hall–Kier alpha value is -1.78. The van der Waals surface area contributed by atoms with Crippen molar-refractivity contribution in [2.75, 3.05) is 7.11 Å². The van der Waals surface area contributed by atoms with Gasteiger partial charge in [-0.2, -0.15) is 0 Å². The number of primary amides is 1. The first-order valence-electron chi connectivity index (χ1n) is 5.32. The summed E-state index contributed by atoms with van der Waals surface area (Å²) >= 11 is 11.9. The first-order chi connectivity index (χ1) is 9.02. The van der Waals surface area contributed by atoms with Crippen LogP contribution < -0.4 is 10.5 Å². The third-order valence-electron chi connectivity index (χ3n) is 2.57. The van der Waals surface area contributed by atoms with Crippen molar-refractivity contribution in [1.29, 1.82) is 0 Å². The van der Waals surface area contributed by atoms with Crippen LogP contribution in [-0.4, -0.2) is 18.0 Å². The molecule has 1 amide bonds. The number of halogens is 2. The average Bonchev–Trinajstić information content (AvgIpc) is 2.41. The lowest BCUT2D eigenvalue weighted by Crippen LogP contribution is -2.12. The standard InChI is InChI=1S/C13H10Cl2N2O2/c1-19-12-6-10(15)9(14)5-8(12)7-2-3-17-11(4-7)13(16)18/h2-6H,1H3,(H2,16,18). The van der Waals surface area contributed by atoms with Gasteiger partial charge in [0.25, 0.3) is 5.91 Å². The molecular weight excluding hydrogens is 287 g/mol. The number of aromatic nitrogens is 1. The molecule has 1 heterocycles. The minimum Gasteiger partial charge on any atom is -0.496 e. The van der Waals surface area contributed by atoms with E-state index in [4.69, 9.17) is 33.7 Å². The molecule has 0 bridgehead atoms. The van der Waals surface area contributed by atoms with Crippen LogP contribution in [0.2, 0.25) is 10.0 Å². The van der Waals surface area contributed by atoms with Crippen molar-refractivity contribution in [3.63, 3.8) is 0 Å². The summed E-state index contributed by atoms with van der Waals surface area (Å²) in [6.45, 7) is 0. The summed E-state index contributed by atoms with van der Waals surface area (Å²) < 4.78 is 5.26. The van der Waals surface area contributed by atoms with Gasteiger partial charge in [0, 0.05) is 17.8 Å². The Kier molecular flexibility index (Phi) is 3.93. The van der Waals surface area contributed by atoms with E-state index in [0.717, 1.165) is 5.56 Å². The van der Waals surface area contributed by atoms with E-state index >= 15 is 0 Å². The third-order valence-corrected chi connectivity index (χ3v) is 3.29. The van der Waals surface area contributed by atoms with Crippen molar-refractivity contribution in [2.24, 2.45) is 5.73 Å². The van der Waals surface area contributed by atoms with E-state index < -0.39 is 5.91 Å². The maximum absolute atomic E-state index is 11.1. The quantitative estimate of drug-likeness (QED) is 0.946. The Morgan fingerprint density at radius 1 is 1.26 bits per heavy atom. The van der Waals surface area contributed by atoms with Crippen molar-refractivity contribution in [1.82, 2.24) is 4.98 Å². The molecule has 19 heavy (non-hydrogen) atoms. The number of methoxy groups -OCH3 is 1. The Morgan fingerprint density at radius 2 is 1.95 bits per heavy atom. The molecule has 0 unspecified atom stereocenters. The monoisotopic (exact) mass is 296 g/mol. The molecule has 2 aromatic rings. The Balaban J connectivity index is 2.61. The predicted molar refractivity (Wildman–Crippen MR) is 74.8 cm³/mol. The second-order valence-corrected chi connectivity index (χ2v) is 4.58. The summed E-state index contributed by atoms with van der Waals surface area (Å²) in [4.78, 5) is 15.0. The summed E-state index contributed by atoms with van der Waals surface area (Å²) in [5, 5.41) is 0.793. The van der Waals surface area contributed by atoms with Gasteiger partial charge in [0.05, 0.1) is 17.2 Å². The summed E-state index contributed by atoms with van der Waals surface area (Å²) in [6.07, 6.45) is 1.50. The molecule has 0 aliphatic rings. The van der Waals surface area contributed by atoms with Crippen molar-refractivity contribution >= 4 is 29.1 Å². The highest BCUT2D eigenvalue weighted by molar-refractivity contribution is 6.42. The molecule has 0 atom stereocenters. The van der Waals surface area contributed by atoms with Gasteiger partial charge in [-0.3, -0.25) is 9.78 Å². The van der Waals surface area contributed by atoms with Gasteiger partial charge in [-0.15, -0.1) is 0 Å². The molecule has 0 radical (unpaired) electrons. The van der Waals surface area contributed by atoms with Crippen LogP contribution in [0.15, 0.2) is 30.5 Å². The second-order valence-electron chi connectivity index (χ2n) is 3.76. The van der Waals surface area contributed by atoms with Gasteiger partial charge < -0.3 is 10.5 Å². The zero-order valence-corrected chi connectivity index (χ0v) is 11.5. The summed E-state index contributed by atoms with van der Waals surface area (Å²) in [5.41, 5.74) is 6.81. The van der Waals surface area contributed by atoms with Crippen LogP contribution in [0, 0.1) is 0 Å². The van der Waals surface area contributed by atoms with Crippen LogP contribution in [0.3, 0.4) is 0 Å². The molecule has 2 N–H and O–H groups in total. The fraction of sp³-hybridized carbons (Fsp3) is 0.0769. The normalized spacial score (nSPS) is 10.3. The highest BCUT2D eigenvalue weighted by Crippen LogP contribution is 2.36. The molecule has 98 valence electrons. The van der Waals surface area contributed by atoms with Gasteiger partial charge in [0.1, 0.15) is 11.4 Å². The highest BCUT2D eigenvalue weighted by atomic mass is 35.5. The number of nitrogens with two attached hydrogens (primary N) is 1. The number of hydrogen-bond donors (Lipinski definition) is 1. The first-order valence-corrected chi connectivity index (χ1v) is 6.07. The average molecular weight is 297 g/mol. The highest BCUT2D eigenvalue weighted by Gasteiger charge is 2.12. The van der Waals surface area contributed by atoms with Crippen LogP contribution >= 0.6 is 23.2 Å². The number of rotatable bonds is 3. The Labute approximate surface area is 120 Å². The Bertz CT molecular complexity index is 645. The maximum atomic E-state index is 11.1. The van der Waals surface area contributed by atoms with Crippen molar-refractivity contribution in [3.05, 3.63) is 46.2 Å². The molecule has 0 saturated carbocycles. The SMILES string of the molecule is COc1cc(Cl)c(Cl)cc1-c1ccnc(C(N)=O)c1. The van der Waals surface area contributed by atoms with Gasteiger partial charge in [0.2, 0.25) is 0 Å². The molecule has 0 spiro atoms. The maximum Gasteiger partial charge on any atom is 0.267 e. The number of amides is 1. The van der Waals surface area contributed by atoms with E-state index in [-0.39, 0.29) is 5.69 Å². The fourth-order valence-electron chi connectivity index (χ4n) is 1.66. The number of pyridine rings is 1. The minimum atomic E-state index is -0.596. The third kappa shape index (κ3) is 2.80. The molecule has 2 rings (SSSR count). The topological polar surface area (TPSA) is 65.2 Å². The van der Waals surface area contributed by atoms with E-state index in [0.29, 0.717) is 21.4 Å². The molecule has 1 aromatic heterocycles. The van der Waals surface area contributed by atoms with Gasteiger partial charge in [0.15, 0.2) is 0 Å². The van der Waals surface area contributed by atoms with Crippen LogP contribution in [-0.2, 0) is 0 Å². The smallest absolute Gasteiger partial charge is 0.267 e. The first kappa shape index (κ1) is 13.6. The number of benzene rings is 1. The van der Waals surface area contributed by atoms with Crippen molar-refractivity contribution in [2.45, 2.75) is 0 Å². The largest absolute Gasteiger partial charge is 0.496 e. The fourth-order valence-corrected chi connectivity index (χ4v) is 1.97. The van der Waals surface area contributed by atoms with E-state index in [9.17, 15) is 4.79 Å². The molecule has 4 nitrogen and oxygen atoms in total. The summed E-state index contributed by atoms with van der Waals surface area (Å²) in [7, 11) is 1.53. The van der Waals surface area contributed by atoms with Crippen LogP contribution in [0.4, 0.5) is 0 Å². The number of carbonyl (C=O) groups excluding carboxylic acids is 1. The second kappa shape index (κ2) is 5.47. The van der Waals surface area contributed by atoms with Crippen LogP contribution in [0.1, 0.15) is 10.5 Å². The summed E-state index contributed by atoms with van der Waals surface area (Å²) in [5.74, 6) is -0.0445. The van der Waals surface area contributed by atoms with Gasteiger partial charge >= 0.3 is 0 Å². The molecule has 0 aliphatic carbocycles. The zero-order valence-electron chi connectivity index (χ0n) is 9.98. The number of carbonyl (C=O) groups is 1. The van der Waals surface area contributed by atoms with Gasteiger partial charge in [-0.1, -0.05) is 23.2 Å². The van der Waals surface area contributed by atoms with Crippen molar-refractivity contribution < 1.29 is 9.53 Å². The molecule has 6 heteroatoms. The van der Waals surface area contributed by atoms with E-state index in [1.165, 1.54) is 13.3 Å². The predicted octanol–water partition coefficient (Wildman–Crippen LogP) is 3.16. The summed E-state index contributed by atoms with van der Waals surface area (Å²) in [6, 6.07) is 6.59. The number of nitrogens with zero attached hydrogens (tertiary/aromatic N) is 1. The molecule has 0 fully saturated rings.